The predicted octanol–water partition coefficient (Wildman–Crippen LogP) is 2.80. The molecule has 0 amide bonds. The van der Waals surface area contributed by atoms with E-state index in [9.17, 15) is 20.1 Å². The van der Waals surface area contributed by atoms with Crippen molar-refractivity contribution in [2.24, 2.45) is 17.8 Å². The summed E-state index contributed by atoms with van der Waals surface area (Å²) in [5, 5.41) is 39.4. The summed E-state index contributed by atoms with van der Waals surface area (Å²) < 4.78 is 51.4. The number of fused-ring (bicyclic) bond motifs is 11. The molecule has 4 N–H and O–H groups in total. The fourth-order valence-corrected chi connectivity index (χ4v) is 11.2. The van der Waals surface area contributed by atoms with Gasteiger partial charge in [-0.1, -0.05) is 26.0 Å². The van der Waals surface area contributed by atoms with Crippen LogP contribution in [0, 0.1) is 17.8 Å². The largest absolute Gasteiger partial charge is 0.496 e. The van der Waals surface area contributed by atoms with Gasteiger partial charge >= 0.3 is 5.97 Å². The lowest BCUT2D eigenvalue weighted by Crippen LogP contribution is -2.70. The van der Waals surface area contributed by atoms with Crippen LogP contribution in [0.15, 0.2) is 18.2 Å². The number of hydrogen-bond acceptors (Lipinski definition) is 16. The molecule has 6 aliphatic rings. The number of ether oxygens (including phenoxy) is 8. The molecular formula is C48H82N4O12. The molecule has 6 heterocycles. The van der Waals surface area contributed by atoms with Gasteiger partial charge in [0, 0.05) is 90.0 Å². The summed E-state index contributed by atoms with van der Waals surface area (Å²) in [5.41, 5.74) is -1.10. The topological polar surface area (TPSA) is 173 Å². The monoisotopic (exact) mass is 907 g/mol. The molecule has 16 nitrogen and oxygen atoms in total. The van der Waals surface area contributed by atoms with Crippen LogP contribution in [-0.4, -0.2) is 195 Å². The normalized spacial score (nSPS) is 43.8. The van der Waals surface area contributed by atoms with Crippen LogP contribution in [0.4, 0.5) is 0 Å². The molecule has 7 rings (SSSR count). The van der Waals surface area contributed by atoms with Crippen molar-refractivity contribution in [3.63, 3.8) is 0 Å². The van der Waals surface area contributed by atoms with Gasteiger partial charge in [0.05, 0.1) is 49.1 Å². The lowest BCUT2D eigenvalue weighted by molar-refractivity contribution is -0.337. The van der Waals surface area contributed by atoms with E-state index >= 15 is 0 Å². The quantitative estimate of drug-likeness (QED) is 0.168. The molecule has 366 valence electrons. The minimum Gasteiger partial charge on any atom is -0.496 e. The molecule has 0 saturated carbocycles. The van der Waals surface area contributed by atoms with E-state index in [4.69, 9.17) is 37.9 Å². The molecule has 1 aromatic carbocycles. The van der Waals surface area contributed by atoms with Crippen molar-refractivity contribution >= 4 is 5.97 Å². The van der Waals surface area contributed by atoms with Crippen molar-refractivity contribution in [2.75, 3.05) is 74.7 Å². The maximum atomic E-state index is 14.2. The van der Waals surface area contributed by atoms with Crippen molar-refractivity contribution in [1.82, 2.24) is 20.0 Å². The fraction of sp³-hybridized carbons (Fsp3) is 0.854. The van der Waals surface area contributed by atoms with Gasteiger partial charge in [-0.2, -0.15) is 0 Å². The van der Waals surface area contributed by atoms with E-state index in [0.29, 0.717) is 32.5 Å². The van der Waals surface area contributed by atoms with E-state index < -0.39 is 77.7 Å². The Kier molecular flexibility index (Phi) is 16.9. The third-order valence-corrected chi connectivity index (χ3v) is 15.8. The Labute approximate surface area is 382 Å². The van der Waals surface area contributed by atoms with Crippen molar-refractivity contribution in [3.8, 4) is 5.75 Å². The van der Waals surface area contributed by atoms with Crippen LogP contribution in [0.25, 0.3) is 0 Å². The van der Waals surface area contributed by atoms with Crippen LogP contribution in [0.2, 0.25) is 0 Å². The average molecular weight is 907 g/mol. The number of esters is 1. The van der Waals surface area contributed by atoms with Crippen molar-refractivity contribution in [1.29, 1.82) is 0 Å². The molecule has 2 bridgehead atoms. The van der Waals surface area contributed by atoms with Crippen LogP contribution >= 0.6 is 0 Å². The second kappa shape index (κ2) is 21.1. The van der Waals surface area contributed by atoms with Crippen LogP contribution in [0.5, 0.6) is 5.75 Å². The van der Waals surface area contributed by atoms with Crippen LogP contribution in [0.1, 0.15) is 85.8 Å². The molecule has 5 fully saturated rings. The standard InChI is InChI=1S/C48H82N4O12/c1-28-22-46(7,58-12)43(64-45-41(54)37(50(9)10)21-29(2)60-45)30(3)42(31(4)44(55)62-35-24-52(25-35)32(5)40(28)53)63-39-23-47(8,59-13)48(56,33(6)61-39)27-49-18-20-51-19-17-34-15-14-16-38(57-11)36(34)26-51/h14-16,28-33,35,37,39-43,45,49,53-54,56H,17-27H2,1-13H3/t28-,29-,30+,31-,32+,33+,37+,39+,40+,41-,42+,43-,45-,46+,47-,48-/m1/s1. The molecule has 6 aliphatic heterocycles. The summed E-state index contributed by atoms with van der Waals surface area (Å²) in [6, 6.07) is 5.80. The minimum atomic E-state index is -1.45. The van der Waals surface area contributed by atoms with E-state index in [1.54, 1.807) is 28.3 Å². The average Bonchev–Trinajstić information content (AvgIpc) is 3.25. The summed E-state index contributed by atoms with van der Waals surface area (Å²) in [7, 11) is 8.78. The number of rotatable bonds is 13. The highest BCUT2D eigenvalue weighted by atomic mass is 16.7. The molecule has 0 aliphatic carbocycles. The van der Waals surface area contributed by atoms with Crippen molar-refractivity contribution < 1.29 is 58.0 Å². The maximum absolute atomic E-state index is 14.2. The van der Waals surface area contributed by atoms with Gasteiger partial charge in [0.1, 0.15) is 29.2 Å². The fourth-order valence-electron chi connectivity index (χ4n) is 11.2. The molecule has 0 radical (unpaired) electrons. The smallest absolute Gasteiger partial charge is 0.311 e. The first-order valence-corrected chi connectivity index (χ1v) is 23.7. The number of nitrogens with zero attached hydrogens (tertiary/aromatic N) is 3. The summed E-state index contributed by atoms with van der Waals surface area (Å²) in [6.07, 6.45) is -4.54. The van der Waals surface area contributed by atoms with Gasteiger partial charge in [-0.25, -0.2) is 0 Å². The van der Waals surface area contributed by atoms with Gasteiger partial charge in [-0.05, 0) is 92.4 Å². The molecule has 16 atom stereocenters. The number of nitrogens with one attached hydrogen (secondary N) is 1. The van der Waals surface area contributed by atoms with Crippen LogP contribution in [-0.2, 0) is 50.9 Å². The Balaban J connectivity index is 1.24. The second-order valence-corrected chi connectivity index (χ2v) is 20.4. The highest BCUT2D eigenvalue weighted by molar-refractivity contribution is 5.73. The van der Waals surface area contributed by atoms with E-state index in [-0.39, 0.29) is 43.2 Å². The summed E-state index contributed by atoms with van der Waals surface area (Å²) >= 11 is 0. The number of carbonyl (C=O) groups is 1. The lowest BCUT2D eigenvalue weighted by Gasteiger charge is -2.54. The Morgan fingerprint density at radius 1 is 0.953 bits per heavy atom. The van der Waals surface area contributed by atoms with Gasteiger partial charge in [-0.15, -0.1) is 0 Å². The molecule has 0 unspecified atom stereocenters. The van der Waals surface area contributed by atoms with Gasteiger partial charge in [0.25, 0.3) is 0 Å². The third kappa shape index (κ3) is 10.6. The first-order valence-electron chi connectivity index (χ1n) is 23.7. The summed E-state index contributed by atoms with van der Waals surface area (Å²) in [4.78, 5) is 20.7. The number of carbonyl (C=O) groups excluding carboxylic acids is 1. The van der Waals surface area contributed by atoms with Crippen LogP contribution < -0.4 is 10.1 Å². The van der Waals surface area contributed by atoms with E-state index in [1.165, 1.54) is 11.1 Å². The van der Waals surface area contributed by atoms with Crippen LogP contribution in [0.3, 0.4) is 0 Å². The second-order valence-electron chi connectivity index (χ2n) is 20.4. The Morgan fingerprint density at radius 2 is 1.67 bits per heavy atom. The number of benzene rings is 1. The molecule has 64 heavy (non-hydrogen) atoms. The lowest BCUT2D eigenvalue weighted by atomic mass is 9.74. The van der Waals surface area contributed by atoms with E-state index in [2.05, 4.69) is 21.2 Å². The minimum absolute atomic E-state index is 0.151. The van der Waals surface area contributed by atoms with Crippen molar-refractivity contribution in [3.05, 3.63) is 29.3 Å². The van der Waals surface area contributed by atoms with Gasteiger partial charge in [0.2, 0.25) is 0 Å². The summed E-state index contributed by atoms with van der Waals surface area (Å²) in [5.74, 6) is -1.16. The predicted molar refractivity (Wildman–Crippen MR) is 241 cm³/mol. The third-order valence-electron chi connectivity index (χ3n) is 15.8. The molecule has 0 spiro atoms. The van der Waals surface area contributed by atoms with Gasteiger partial charge < -0.3 is 63.4 Å². The Hall–Kier alpha value is -2.03. The number of aliphatic hydroxyl groups is 3. The molecule has 16 heteroatoms. The van der Waals surface area contributed by atoms with E-state index in [0.717, 1.165) is 31.8 Å². The van der Waals surface area contributed by atoms with Gasteiger partial charge in [0.15, 0.2) is 12.6 Å². The SMILES string of the molecule is COc1cccc2c1CN(CCNC[C@@]1(O)[C@H](C)O[C@@H](O[C@H]3[C@H](C)[C@@H](O[C@H]4O[C@H](C)C[C@H](N(C)C)[C@H]4O)[C@@](C)(OC)C[C@@H](C)[C@H](O)[C@H](C)N4CC(C4)OC(=O)[C@@H]3C)C[C@@]1(C)OC)CC2. The first kappa shape index (κ1) is 51.4. The zero-order chi connectivity index (χ0) is 46.9. The number of likely N-dealkylation sites (N-methyl/N-ethyl adjacent to an activating group) is 1. The first-order chi connectivity index (χ1) is 30.2. The zero-order valence-corrected chi connectivity index (χ0v) is 41.0. The highest BCUT2D eigenvalue weighted by Crippen LogP contribution is 2.44. The molecule has 1 aromatic rings. The Morgan fingerprint density at radius 3 is 2.33 bits per heavy atom. The molecule has 0 aromatic heterocycles. The summed E-state index contributed by atoms with van der Waals surface area (Å²) in [6.45, 7) is 19.8. The molecule has 5 saturated heterocycles. The Bertz CT molecular complexity index is 1670. The number of aliphatic hydroxyl groups excluding tert-OH is 2. The van der Waals surface area contributed by atoms with Gasteiger partial charge in [-0.3, -0.25) is 14.6 Å². The number of methoxy groups -OCH3 is 3. The molecular weight excluding hydrogens is 825 g/mol. The number of hydrogen-bond donors (Lipinski definition) is 4. The zero-order valence-electron chi connectivity index (χ0n) is 41.0. The maximum Gasteiger partial charge on any atom is 0.311 e. The highest BCUT2D eigenvalue weighted by Gasteiger charge is 2.58. The van der Waals surface area contributed by atoms with E-state index in [1.807, 2.05) is 79.6 Å². The van der Waals surface area contributed by atoms with Crippen molar-refractivity contribution in [2.45, 2.75) is 172 Å².